The molecule has 0 amide bonds. The normalized spacial score (nSPS) is 14.2. The van der Waals surface area contributed by atoms with Crippen LogP contribution >= 0.6 is 15.9 Å². The molecule has 11 heteroatoms. The van der Waals surface area contributed by atoms with E-state index in [1.807, 2.05) is 13.0 Å². The highest BCUT2D eigenvalue weighted by atomic mass is 79.9. The number of alkyl halides is 1. The number of aliphatic imine (C=N–C) groups is 1. The van der Waals surface area contributed by atoms with Crippen molar-refractivity contribution >= 4 is 31.5 Å². The quantitative estimate of drug-likeness (QED) is 0.250. The summed E-state index contributed by atoms with van der Waals surface area (Å²) in [7, 11) is -1.78. The lowest BCUT2D eigenvalue weighted by Gasteiger charge is -2.28. The van der Waals surface area contributed by atoms with Crippen LogP contribution in [-0.4, -0.2) is 38.8 Å². The third-order valence-electron chi connectivity index (χ3n) is 5.42. The van der Waals surface area contributed by atoms with E-state index in [0.717, 1.165) is 10.0 Å². The van der Waals surface area contributed by atoms with Crippen LogP contribution in [0, 0.1) is 12.7 Å². The van der Waals surface area contributed by atoms with Gasteiger partial charge in [0.1, 0.15) is 22.1 Å². The van der Waals surface area contributed by atoms with Crippen LogP contribution in [0.25, 0.3) is 22.7 Å². The molecule has 0 saturated carbocycles. The maximum absolute atomic E-state index is 14.7. The van der Waals surface area contributed by atoms with Crippen molar-refractivity contribution in [3.63, 3.8) is 0 Å². The van der Waals surface area contributed by atoms with Crippen molar-refractivity contribution in [3.05, 3.63) is 57.9 Å². The summed E-state index contributed by atoms with van der Waals surface area (Å²) in [6.07, 6.45) is 1.66. The molecule has 3 aromatic rings. The van der Waals surface area contributed by atoms with Crippen LogP contribution in [0.5, 0.6) is 0 Å². The third kappa shape index (κ3) is 4.98. The van der Waals surface area contributed by atoms with Crippen molar-refractivity contribution in [2.24, 2.45) is 15.1 Å². The first-order chi connectivity index (χ1) is 15.5. The SMILES string of the molecule is CN=S(=O)(Cc1cc(-c2cc(-c3ncc(Br)cc3C)no2)ccc1F)C(C)(C)C(N)=NCF. The standard InChI is InChI=1S/C22H24BrF2N5O2S/c1-13-7-16(23)10-28-20(13)18-9-19(32-30-18)14-5-6-17(25)15(8-14)11-33(31,27-4)22(2,3)21(26)29-12-24/h5-10H,11-12H2,1-4H3,(H2,26,29). The number of nitrogens with two attached hydrogens (primary N) is 1. The summed E-state index contributed by atoms with van der Waals surface area (Å²) in [5.74, 6) is -0.549. The number of hydrogen-bond acceptors (Lipinski definition) is 6. The Labute approximate surface area is 199 Å². The smallest absolute Gasteiger partial charge is 0.181 e. The summed E-state index contributed by atoms with van der Waals surface area (Å²) in [5.41, 5.74) is 8.65. The predicted octanol–water partition coefficient (Wildman–Crippen LogP) is 5.27. The molecule has 0 fully saturated rings. The van der Waals surface area contributed by atoms with Crippen molar-refractivity contribution in [1.29, 1.82) is 0 Å². The second-order valence-corrected chi connectivity index (χ2v) is 11.7. The molecule has 2 aromatic heterocycles. The van der Waals surface area contributed by atoms with Crippen molar-refractivity contribution in [2.45, 2.75) is 31.3 Å². The first kappa shape index (κ1) is 25.0. The molecule has 0 saturated heterocycles. The lowest BCUT2D eigenvalue weighted by atomic mass is 10.1. The topological polar surface area (TPSA) is 107 Å². The molecule has 0 radical (unpaired) electrons. The van der Waals surface area contributed by atoms with Crippen LogP contribution in [0.4, 0.5) is 8.78 Å². The van der Waals surface area contributed by atoms with E-state index in [1.54, 1.807) is 32.2 Å². The molecule has 2 N–H and O–H groups in total. The molecule has 7 nitrogen and oxygen atoms in total. The summed E-state index contributed by atoms with van der Waals surface area (Å²) < 4.78 is 50.1. The number of hydrogen-bond donors (Lipinski definition) is 1. The average molecular weight is 540 g/mol. The van der Waals surface area contributed by atoms with E-state index >= 15 is 0 Å². The Kier molecular flexibility index (Phi) is 7.32. The molecule has 0 aliphatic rings. The van der Waals surface area contributed by atoms with Gasteiger partial charge in [0.25, 0.3) is 0 Å². The maximum atomic E-state index is 14.7. The van der Waals surface area contributed by atoms with Gasteiger partial charge in [0.05, 0.1) is 21.2 Å². The van der Waals surface area contributed by atoms with Gasteiger partial charge in [-0.05, 0) is 66.5 Å². The largest absolute Gasteiger partial charge is 0.386 e. The van der Waals surface area contributed by atoms with E-state index in [-0.39, 0.29) is 17.2 Å². The van der Waals surface area contributed by atoms with Gasteiger partial charge >= 0.3 is 0 Å². The number of aromatic nitrogens is 2. The zero-order valence-electron chi connectivity index (χ0n) is 18.6. The van der Waals surface area contributed by atoms with Crippen molar-refractivity contribution in [1.82, 2.24) is 10.1 Å². The summed E-state index contributed by atoms with van der Waals surface area (Å²) in [6.45, 7) is 3.96. The summed E-state index contributed by atoms with van der Waals surface area (Å²) in [5, 5.41) is 4.09. The van der Waals surface area contributed by atoms with Gasteiger partial charge in [-0.25, -0.2) is 22.3 Å². The van der Waals surface area contributed by atoms with Crippen molar-refractivity contribution in [2.75, 3.05) is 13.8 Å². The highest BCUT2D eigenvalue weighted by molar-refractivity contribution is 9.10. The van der Waals surface area contributed by atoms with E-state index in [2.05, 4.69) is 35.4 Å². The van der Waals surface area contributed by atoms with Gasteiger partial charge in [-0.2, -0.15) is 0 Å². The molecule has 0 spiro atoms. The fraction of sp³-hybridized carbons (Fsp3) is 0.318. The van der Waals surface area contributed by atoms with E-state index in [9.17, 15) is 13.0 Å². The lowest BCUT2D eigenvalue weighted by molar-refractivity contribution is 0.434. The first-order valence-corrected chi connectivity index (χ1v) is 12.4. The van der Waals surface area contributed by atoms with E-state index in [1.165, 1.54) is 19.2 Å². The van der Waals surface area contributed by atoms with Crippen LogP contribution in [0.3, 0.4) is 0 Å². The summed E-state index contributed by atoms with van der Waals surface area (Å²) >= 11 is 3.38. The molecule has 1 atom stereocenters. The van der Waals surface area contributed by atoms with Gasteiger partial charge < -0.3 is 10.3 Å². The second-order valence-electron chi connectivity index (χ2n) is 7.84. The molecular formula is C22H24BrF2N5O2S. The number of benzene rings is 1. The minimum absolute atomic E-state index is 0.144. The Balaban J connectivity index is 1.99. The minimum Gasteiger partial charge on any atom is -0.386 e. The molecule has 1 unspecified atom stereocenters. The number of halogens is 3. The monoisotopic (exact) mass is 539 g/mol. The average Bonchev–Trinajstić information content (AvgIpc) is 3.25. The van der Waals surface area contributed by atoms with Crippen LogP contribution in [0.2, 0.25) is 0 Å². The lowest BCUT2D eigenvalue weighted by Crippen LogP contribution is -2.46. The molecule has 0 bridgehead atoms. The Morgan fingerprint density at radius 1 is 1.30 bits per heavy atom. The number of nitrogens with zero attached hydrogens (tertiary/aromatic N) is 4. The Morgan fingerprint density at radius 3 is 2.67 bits per heavy atom. The van der Waals surface area contributed by atoms with Crippen LogP contribution in [0.15, 0.2) is 54.9 Å². The molecule has 0 aliphatic carbocycles. The first-order valence-electron chi connectivity index (χ1n) is 9.89. The Hall–Kier alpha value is -2.66. The number of rotatable bonds is 7. The molecule has 33 heavy (non-hydrogen) atoms. The zero-order valence-corrected chi connectivity index (χ0v) is 21.0. The third-order valence-corrected chi connectivity index (χ3v) is 8.95. The fourth-order valence-corrected chi connectivity index (χ4v) is 5.70. The molecule has 176 valence electrons. The van der Waals surface area contributed by atoms with E-state index < -0.39 is 27.1 Å². The van der Waals surface area contributed by atoms with Gasteiger partial charge in [0.15, 0.2) is 12.6 Å². The summed E-state index contributed by atoms with van der Waals surface area (Å²) in [4.78, 5) is 7.92. The number of pyridine rings is 1. The van der Waals surface area contributed by atoms with Gasteiger partial charge in [0.2, 0.25) is 0 Å². The minimum atomic E-state index is -3.15. The van der Waals surface area contributed by atoms with Gasteiger partial charge in [0, 0.05) is 34.9 Å². The molecule has 3 rings (SSSR count). The zero-order chi connectivity index (χ0) is 24.4. The van der Waals surface area contributed by atoms with Crippen molar-refractivity contribution in [3.8, 4) is 22.7 Å². The van der Waals surface area contributed by atoms with E-state index in [4.69, 9.17) is 10.3 Å². The fourth-order valence-electron chi connectivity index (χ4n) is 3.27. The predicted molar refractivity (Wildman–Crippen MR) is 129 cm³/mol. The summed E-state index contributed by atoms with van der Waals surface area (Å²) in [6, 6.07) is 7.96. The number of aryl methyl sites for hydroxylation is 1. The maximum Gasteiger partial charge on any atom is 0.181 e. The molecular weight excluding hydrogens is 516 g/mol. The molecule has 1 aromatic carbocycles. The van der Waals surface area contributed by atoms with Crippen LogP contribution in [-0.2, 0) is 15.5 Å². The number of amidine groups is 1. The van der Waals surface area contributed by atoms with Crippen LogP contribution in [0.1, 0.15) is 25.0 Å². The highest BCUT2D eigenvalue weighted by Crippen LogP contribution is 2.31. The second kappa shape index (κ2) is 9.68. The van der Waals surface area contributed by atoms with Gasteiger partial charge in [-0.3, -0.25) is 4.98 Å². The van der Waals surface area contributed by atoms with Gasteiger partial charge in [-0.1, -0.05) is 5.16 Å². The highest BCUT2D eigenvalue weighted by Gasteiger charge is 2.36. The molecule has 0 aliphatic heterocycles. The van der Waals surface area contributed by atoms with Gasteiger partial charge in [-0.15, -0.1) is 0 Å². The van der Waals surface area contributed by atoms with E-state index in [0.29, 0.717) is 22.7 Å². The van der Waals surface area contributed by atoms with Crippen LogP contribution < -0.4 is 5.73 Å². The van der Waals surface area contributed by atoms with Crippen molar-refractivity contribution < 1.29 is 17.5 Å². The Morgan fingerprint density at radius 2 is 2.03 bits per heavy atom. The Bertz CT molecular complexity index is 1330. The molecule has 2 heterocycles.